The minimum Gasteiger partial charge on any atom is -0.477 e. The van der Waals surface area contributed by atoms with Crippen molar-refractivity contribution in [2.45, 2.75) is 6.92 Å². The average Bonchev–Trinajstić information content (AvgIpc) is 2.31. The van der Waals surface area contributed by atoms with Crippen LogP contribution in [0.2, 0.25) is 0 Å². The Bertz CT molecular complexity index is 602. The maximum absolute atomic E-state index is 13.4. The van der Waals surface area contributed by atoms with Gasteiger partial charge in [-0.1, -0.05) is 12.1 Å². The Balaban J connectivity index is 2.35. The molecule has 0 saturated carbocycles. The summed E-state index contributed by atoms with van der Waals surface area (Å²) in [7, 11) is 0. The topological polar surface area (TPSA) is 75.1 Å². The van der Waals surface area contributed by atoms with Gasteiger partial charge in [-0.3, -0.25) is 0 Å². The fraction of sp³-hybridized carbons (Fsp3) is 0.0833. The Kier molecular flexibility index (Phi) is 3.18. The van der Waals surface area contributed by atoms with E-state index in [1.54, 1.807) is 19.1 Å². The molecule has 2 rings (SSSR count). The highest BCUT2D eigenvalue weighted by Gasteiger charge is 2.09. The maximum atomic E-state index is 13.4. The Hall–Kier alpha value is -2.50. The molecular formula is C12H10FN3O2. The lowest BCUT2D eigenvalue weighted by Crippen LogP contribution is -2.07. The molecule has 2 aromatic rings. The van der Waals surface area contributed by atoms with Crippen LogP contribution in [-0.4, -0.2) is 21.0 Å². The zero-order valence-corrected chi connectivity index (χ0v) is 9.51. The molecule has 0 spiro atoms. The molecule has 5 nitrogen and oxygen atoms in total. The predicted octanol–water partition coefficient (Wildman–Crippen LogP) is 2.37. The summed E-state index contributed by atoms with van der Waals surface area (Å²) in [5, 5.41) is 11.5. The molecule has 0 aliphatic heterocycles. The normalized spacial score (nSPS) is 10.1. The van der Waals surface area contributed by atoms with Crippen LogP contribution in [-0.2, 0) is 0 Å². The predicted molar refractivity (Wildman–Crippen MR) is 63.4 cm³/mol. The van der Waals surface area contributed by atoms with Crippen molar-refractivity contribution < 1.29 is 14.3 Å². The van der Waals surface area contributed by atoms with E-state index in [4.69, 9.17) is 5.11 Å². The molecule has 6 heteroatoms. The zero-order valence-electron chi connectivity index (χ0n) is 9.51. The number of aromatic carboxylic acids is 1. The van der Waals surface area contributed by atoms with Crippen LogP contribution in [0.5, 0.6) is 0 Å². The van der Waals surface area contributed by atoms with Crippen LogP contribution in [0, 0.1) is 12.7 Å². The number of rotatable bonds is 3. The lowest BCUT2D eigenvalue weighted by atomic mass is 10.3. The number of para-hydroxylation sites is 1. The number of carboxylic acid groups (broad SMARTS) is 1. The third-order valence-electron chi connectivity index (χ3n) is 2.19. The highest BCUT2D eigenvalue weighted by molar-refractivity contribution is 5.85. The highest BCUT2D eigenvalue weighted by atomic mass is 19.1. The van der Waals surface area contributed by atoms with Crippen molar-refractivity contribution in [1.82, 2.24) is 9.97 Å². The summed E-state index contributed by atoms with van der Waals surface area (Å²) >= 11 is 0. The quantitative estimate of drug-likeness (QED) is 0.870. The van der Waals surface area contributed by atoms with Gasteiger partial charge in [0.15, 0.2) is 5.69 Å². The van der Waals surface area contributed by atoms with Crippen molar-refractivity contribution >= 4 is 17.6 Å². The Morgan fingerprint density at radius 1 is 1.33 bits per heavy atom. The molecule has 0 radical (unpaired) electrons. The number of carboxylic acids is 1. The molecule has 92 valence electrons. The van der Waals surface area contributed by atoms with Crippen molar-refractivity contribution in [3.05, 3.63) is 47.5 Å². The summed E-state index contributed by atoms with van der Waals surface area (Å²) < 4.78 is 13.4. The summed E-state index contributed by atoms with van der Waals surface area (Å²) in [5.74, 6) is -1.56. The molecule has 1 heterocycles. The number of aromatic nitrogens is 2. The van der Waals surface area contributed by atoms with Gasteiger partial charge in [-0.05, 0) is 25.1 Å². The molecule has 18 heavy (non-hydrogen) atoms. The number of benzene rings is 1. The Labute approximate surface area is 102 Å². The molecule has 0 aliphatic rings. The van der Waals surface area contributed by atoms with E-state index in [-0.39, 0.29) is 17.3 Å². The first-order valence-electron chi connectivity index (χ1n) is 5.17. The van der Waals surface area contributed by atoms with Crippen LogP contribution in [0.1, 0.15) is 16.2 Å². The number of halogens is 1. The molecule has 0 unspecified atom stereocenters. The van der Waals surface area contributed by atoms with Crippen molar-refractivity contribution in [3.63, 3.8) is 0 Å². The molecule has 0 saturated heterocycles. The van der Waals surface area contributed by atoms with Gasteiger partial charge in [0, 0.05) is 5.69 Å². The number of hydrogen-bond acceptors (Lipinski definition) is 4. The van der Waals surface area contributed by atoms with E-state index in [2.05, 4.69) is 15.3 Å². The van der Waals surface area contributed by atoms with Gasteiger partial charge in [-0.2, -0.15) is 0 Å². The number of nitrogens with one attached hydrogen (secondary N) is 1. The number of nitrogens with zero attached hydrogens (tertiary/aromatic N) is 2. The third-order valence-corrected chi connectivity index (χ3v) is 2.19. The van der Waals surface area contributed by atoms with Crippen LogP contribution in [0.15, 0.2) is 30.3 Å². The molecule has 0 aliphatic carbocycles. The molecule has 0 atom stereocenters. The van der Waals surface area contributed by atoms with Crippen LogP contribution >= 0.6 is 0 Å². The smallest absolute Gasteiger partial charge is 0.354 e. The summed E-state index contributed by atoms with van der Waals surface area (Å²) in [6.07, 6.45) is 0. The number of anilines is 2. The molecule has 1 aromatic heterocycles. The van der Waals surface area contributed by atoms with E-state index < -0.39 is 11.8 Å². The molecule has 2 N–H and O–H groups in total. The Morgan fingerprint density at radius 3 is 2.72 bits per heavy atom. The third kappa shape index (κ3) is 2.60. The first-order chi connectivity index (χ1) is 8.56. The molecule has 1 aromatic carbocycles. The Morgan fingerprint density at radius 2 is 2.06 bits per heavy atom. The zero-order chi connectivity index (χ0) is 13.1. The van der Waals surface area contributed by atoms with Crippen LogP contribution in [0.4, 0.5) is 16.0 Å². The molecular weight excluding hydrogens is 237 g/mol. The van der Waals surface area contributed by atoms with Gasteiger partial charge in [0.2, 0.25) is 5.95 Å². The van der Waals surface area contributed by atoms with Crippen molar-refractivity contribution in [1.29, 1.82) is 0 Å². The second-order valence-corrected chi connectivity index (χ2v) is 3.63. The van der Waals surface area contributed by atoms with Gasteiger partial charge in [0.1, 0.15) is 5.82 Å². The SMILES string of the molecule is Cc1cc(C(=O)O)nc(Nc2ccccc2F)n1. The van der Waals surface area contributed by atoms with Crippen molar-refractivity contribution in [3.8, 4) is 0 Å². The minimum absolute atomic E-state index is 0.0532. The van der Waals surface area contributed by atoms with E-state index >= 15 is 0 Å². The summed E-state index contributed by atoms with van der Waals surface area (Å²) in [4.78, 5) is 18.6. The number of carbonyl (C=O) groups is 1. The van der Waals surface area contributed by atoms with Crippen molar-refractivity contribution in [2.24, 2.45) is 0 Å². The van der Waals surface area contributed by atoms with E-state index in [1.807, 2.05) is 0 Å². The largest absolute Gasteiger partial charge is 0.477 e. The lowest BCUT2D eigenvalue weighted by molar-refractivity contribution is 0.0690. The molecule has 0 fully saturated rings. The fourth-order valence-corrected chi connectivity index (χ4v) is 1.42. The maximum Gasteiger partial charge on any atom is 0.354 e. The van der Waals surface area contributed by atoms with Crippen LogP contribution in [0.3, 0.4) is 0 Å². The van der Waals surface area contributed by atoms with Gasteiger partial charge in [-0.15, -0.1) is 0 Å². The summed E-state index contributed by atoms with van der Waals surface area (Å²) in [5.41, 5.74) is 0.544. The number of hydrogen-bond donors (Lipinski definition) is 2. The first-order valence-corrected chi connectivity index (χ1v) is 5.17. The summed E-state index contributed by atoms with van der Waals surface area (Å²) in [6, 6.07) is 7.35. The second-order valence-electron chi connectivity index (χ2n) is 3.63. The van der Waals surface area contributed by atoms with E-state index in [0.29, 0.717) is 5.69 Å². The monoisotopic (exact) mass is 247 g/mol. The standard InChI is InChI=1S/C12H10FN3O2/c1-7-6-10(11(17)18)16-12(14-7)15-9-5-3-2-4-8(9)13/h2-6H,1H3,(H,17,18)(H,14,15,16). The van der Waals surface area contributed by atoms with Gasteiger partial charge >= 0.3 is 5.97 Å². The van der Waals surface area contributed by atoms with Gasteiger partial charge in [0.05, 0.1) is 5.69 Å². The van der Waals surface area contributed by atoms with Gasteiger partial charge < -0.3 is 10.4 Å². The van der Waals surface area contributed by atoms with Gasteiger partial charge in [0.25, 0.3) is 0 Å². The minimum atomic E-state index is -1.16. The second kappa shape index (κ2) is 4.79. The highest BCUT2D eigenvalue weighted by Crippen LogP contribution is 2.17. The first kappa shape index (κ1) is 12.0. The van der Waals surface area contributed by atoms with E-state index in [1.165, 1.54) is 18.2 Å². The van der Waals surface area contributed by atoms with Crippen LogP contribution < -0.4 is 5.32 Å². The molecule has 0 amide bonds. The molecule has 0 bridgehead atoms. The fourth-order valence-electron chi connectivity index (χ4n) is 1.42. The van der Waals surface area contributed by atoms with Gasteiger partial charge in [-0.25, -0.2) is 19.2 Å². The lowest BCUT2D eigenvalue weighted by Gasteiger charge is -2.07. The average molecular weight is 247 g/mol. The summed E-state index contributed by atoms with van der Waals surface area (Å²) in [6.45, 7) is 1.64. The van der Waals surface area contributed by atoms with E-state index in [0.717, 1.165) is 0 Å². The van der Waals surface area contributed by atoms with Crippen molar-refractivity contribution in [2.75, 3.05) is 5.32 Å². The van der Waals surface area contributed by atoms with E-state index in [9.17, 15) is 9.18 Å². The van der Waals surface area contributed by atoms with Crippen LogP contribution in [0.25, 0.3) is 0 Å². The number of aryl methyl sites for hydroxylation is 1.